The van der Waals surface area contributed by atoms with E-state index in [1.165, 1.54) is 7.11 Å². The SMILES string of the molecule is C#CC1CCC(C(O)N2CCC(C(C)n3c(C)c(C(=O)NCc4c(OC)cc(C)[nH]c4=O)c4ccccc43)CC2)CC1. The predicted octanol–water partition coefficient (Wildman–Crippen LogP) is 4.92. The molecule has 0 radical (unpaired) electrons. The van der Waals surface area contributed by atoms with Crippen LogP contribution >= 0.6 is 0 Å². The van der Waals surface area contributed by atoms with Gasteiger partial charge in [0.25, 0.3) is 11.5 Å². The molecule has 0 bridgehead atoms. The molecule has 2 aliphatic rings. The highest BCUT2D eigenvalue weighted by Crippen LogP contribution is 2.38. The van der Waals surface area contributed by atoms with Crippen LogP contribution in [0.4, 0.5) is 0 Å². The van der Waals surface area contributed by atoms with Crippen molar-refractivity contribution in [2.24, 2.45) is 17.8 Å². The van der Waals surface area contributed by atoms with Crippen LogP contribution in [0, 0.1) is 43.9 Å². The van der Waals surface area contributed by atoms with Crippen LogP contribution in [0.5, 0.6) is 5.75 Å². The van der Waals surface area contributed by atoms with E-state index in [4.69, 9.17) is 11.2 Å². The van der Waals surface area contributed by atoms with Crippen molar-refractivity contribution in [1.29, 1.82) is 0 Å². The Morgan fingerprint density at radius 2 is 1.83 bits per heavy atom. The molecule has 3 N–H and O–H groups in total. The number of carbonyl (C=O) groups excluding carboxylic acids is 1. The summed E-state index contributed by atoms with van der Waals surface area (Å²) in [6.45, 7) is 7.85. The number of aliphatic hydroxyl groups is 1. The molecule has 42 heavy (non-hydrogen) atoms. The van der Waals surface area contributed by atoms with Gasteiger partial charge in [-0.2, -0.15) is 0 Å². The quantitative estimate of drug-likeness (QED) is 0.333. The molecule has 2 aromatic heterocycles. The number of nitrogens with zero attached hydrogens (tertiary/aromatic N) is 2. The van der Waals surface area contributed by atoms with E-state index in [1.54, 1.807) is 13.0 Å². The molecule has 8 heteroatoms. The highest BCUT2D eigenvalue weighted by Gasteiger charge is 2.34. The van der Waals surface area contributed by atoms with Gasteiger partial charge in [-0.25, -0.2) is 0 Å². The summed E-state index contributed by atoms with van der Waals surface area (Å²) >= 11 is 0. The maximum Gasteiger partial charge on any atom is 0.256 e. The number of benzene rings is 1. The Labute approximate surface area is 248 Å². The van der Waals surface area contributed by atoms with Crippen LogP contribution < -0.4 is 15.6 Å². The minimum absolute atomic E-state index is 0.0668. The van der Waals surface area contributed by atoms with Gasteiger partial charge in [-0.3, -0.25) is 14.5 Å². The maximum atomic E-state index is 13.6. The summed E-state index contributed by atoms with van der Waals surface area (Å²) in [6.07, 6.45) is 11.2. The normalized spacial score (nSPS) is 21.5. The molecule has 1 aliphatic heterocycles. The average molecular weight is 573 g/mol. The van der Waals surface area contributed by atoms with Crippen molar-refractivity contribution in [2.45, 2.75) is 78.1 Å². The topological polar surface area (TPSA) is 99.6 Å². The summed E-state index contributed by atoms with van der Waals surface area (Å²) < 4.78 is 7.71. The Morgan fingerprint density at radius 3 is 2.50 bits per heavy atom. The number of amides is 1. The lowest BCUT2D eigenvalue weighted by Gasteiger charge is -2.41. The summed E-state index contributed by atoms with van der Waals surface area (Å²) in [4.78, 5) is 31.3. The maximum absolute atomic E-state index is 13.6. The number of rotatable bonds is 8. The molecule has 224 valence electrons. The van der Waals surface area contributed by atoms with Crippen molar-refractivity contribution in [3.05, 3.63) is 63.2 Å². The van der Waals surface area contributed by atoms with Crippen LogP contribution in [-0.2, 0) is 6.54 Å². The van der Waals surface area contributed by atoms with E-state index in [0.717, 1.165) is 68.2 Å². The molecule has 2 fully saturated rings. The van der Waals surface area contributed by atoms with Crippen LogP contribution in [0.3, 0.4) is 0 Å². The number of nitrogens with one attached hydrogen (secondary N) is 2. The number of likely N-dealkylation sites (tertiary alicyclic amines) is 1. The number of carbonyl (C=O) groups is 1. The summed E-state index contributed by atoms with van der Waals surface area (Å²) in [5.41, 5.74) is 3.41. The van der Waals surface area contributed by atoms with Gasteiger partial charge in [0, 0.05) is 47.3 Å². The Balaban J connectivity index is 1.30. The number of ether oxygens (including phenoxy) is 1. The fraction of sp³-hybridized carbons (Fsp3) is 0.529. The molecular weight excluding hydrogens is 528 g/mol. The van der Waals surface area contributed by atoms with Crippen LogP contribution in [0.2, 0.25) is 0 Å². The second kappa shape index (κ2) is 12.8. The number of para-hydroxylation sites is 1. The van der Waals surface area contributed by atoms with Gasteiger partial charge in [-0.15, -0.1) is 12.3 Å². The second-order valence-electron chi connectivity index (χ2n) is 12.2. The van der Waals surface area contributed by atoms with E-state index in [1.807, 2.05) is 25.1 Å². The van der Waals surface area contributed by atoms with E-state index >= 15 is 0 Å². The predicted molar refractivity (Wildman–Crippen MR) is 165 cm³/mol. The fourth-order valence-corrected chi connectivity index (χ4v) is 7.25. The average Bonchev–Trinajstić information content (AvgIpc) is 3.31. The molecule has 3 aromatic rings. The molecule has 1 saturated heterocycles. The van der Waals surface area contributed by atoms with Crippen molar-refractivity contribution in [3.63, 3.8) is 0 Å². The van der Waals surface area contributed by atoms with Crippen molar-refractivity contribution < 1.29 is 14.6 Å². The van der Waals surface area contributed by atoms with Crippen LogP contribution in [-0.4, -0.2) is 51.9 Å². The zero-order valence-corrected chi connectivity index (χ0v) is 25.3. The van der Waals surface area contributed by atoms with Crippen LogP contribution in [0.25, 0.3) is 10.9 Å². The number of pyridine rings is 1. The van der Waals surface area contributed by atoms with E-state index in [0.29, 0.717) is 40.3 Å². The number of aromatic nitrogens is 2. The van der Waals surface area contributed by atoms with E-state index < -0.39 is 6.23 Å². The van der Waals surface area contributed by atoms with Gasteiger partial charge in [-0.1, -0.05) is 18.2 Å². The van der Waals surface area contributed by atoms with Gasteiger partial charge >= 0.3 is 0 Å². The zero-order chi connectivity index (χ0) is 30.0. The number of hydrogen-bond donors (Lipinski definition) is 3. The monoisotopic (exact) mass is 572 g/mol. The molecule has 2 unspecified atom stereocenters. The Bertz CT molecular complexity index is 1520. The summed E-state index contributed by atoms with van der Waals surface area (Å²) in [7, 11) is 1.52. The van der Waals surface area contributed by atoms with E-state index in [9.17, 15) is 14.7 Å². The second-order valence-corrected chi connectivity index (χ2v) is 12.2. The molecular formula is C34H44N4O4. The third kappa shape index (κ3) is 5.86. The number of H-pyrrole nitrogens is 1. The lowest BCUT2D eigenvalue weighted by molar-refractivity contribution is -0.0689. The van der Waals surface area contributed by atoms with Crippen molar-refractivity contribution in [3.8, 4) is 18.1 Å². The minimum atomic E-state index is -0.399. The molecule has 1 saturated carbocycles. The third-order valence-electron chi connectivity index (χ3n) is 9.73. The molecule has 3 heterocycles. The zero-order valence-electron chi connectivity index (χ0n) is 25.3. The van der Waals surface area contributed by atoms with E-state index in [-0.39, 0.29) is 24.1 Å². The van der Waals surface area contributed by atoms with Gasteiger partial charge in [-0.05, 0) is 83.3 Å². The van der Waals surface area contributed by atoms with Crippen molar-refractivity contribution in [1.82, 2.24) is 19.8 Å². The molecule has 5 rings (SSSR count). The number of aromatic amines is 1. The van der Waals surface area contributed by atoms with Gasteiger partial charge < -0.3 is 24.7 Å². The van der Waals surface area contributed by atoms with Gasteiger partial charge in [0.1, 0.15) is 12.0 Å². The molecule has 0 spiro atoms. The first-order valence-corrected chi connectivity index (χ1v) is 15.3. The number of aryl methyl sites for hydroxylation is 1. The largest absolute Gasteiger partial charge is 0.496 e. The van der Waals surface area contributed by atoms with Gasteiger partial charge in [0.15, 0.2) is 0 Å². The summed E-state index contributed by atoms with van der Waals surface area (Å²) in [5, 5.41) is 15.0. The number of terminal acetylenes is 1. The minimum Gasteiger partial charge on any atom is -0.496 e. The van der Waals surface area contributed by atoms with Gasteiger partial charge in [0.05, 0.1) is 24.8 Å². The number of piperidine rings is 1. The molecule has 1 aliphatic carbocycles. The summed E-state index contributed by atoms with van der Waals surface area (Å²) in [5.74, 6) is 4.21. The Hall–Kier alpha value is -3.54. The van der Waals surface area contributed by atoms with Crippen molar-refractivity contribution in [2.75, 3.05) is 20.2 Å². The smallest absolute Gasteiger partial charge is 0.256 e. The number of aliphatic hydroxyl groups excluding tert-OH is 1. The van der Waals surface area contributed by atoms with Gasteiger partial charge in [0.2, 0.25) is 0 Å². The fourth-order valence-electron chi connectivity index (χ4n) is 7.25. The van der Waals surface area contributed by atoms with E-state index in [2.05, 4.69) is 38.7 Å². The highest BCUT2D eigenvalue weighted by atomic mass is 16.5. The third-order valence-corrected chi connectivity index (χ3v) is 9.73. The summed E-state index contributed by atoms with van der Waals surface area (Å²) in [6, 6.07) is 9.98. The first kappa shape index (κ1) is 29.9. The lowest BCUT2D eigenvalue weighted by Crippen LogP contribution is -2.46. The Morgan fingerprint density at radius 1 is 1.14 bits per heavy atom. The molecule has 1 amide bonds. The van der Waals surface area contributed by atoms with Crippen LogP contribution in [0.15, 0.2) is 35.1 Å². The number of hydrogen-bond acceptors (Lipinski definition) is 5. The van der Waals surface area contributed by atoms with Crippen molar-refractivity contribution >= 4 is 16.8 Å². The first-order valence-electron chi connectivity index (χ1n) is 15.3. The molecule has 8 nitrogen and oxygen atoms in total. The molecule has 2 atom stereocenters. The number of methoxy groups -OCH3 is 1. The standard InChI is InChI=1S/C34H44N4O4/c1-6-24-11-13-26(14-12-24)34(41)37-17-15-25(16-18-37)22(3)38-23(4)31(27-9-7-8-10-29(27)38)33(40)35-20-28-30(42-5)19-21(2)36-32(28)39/h1,7-10,19,22,24-26,34,41H,11-18,20H2,2-5H3,(H,35,40)(H,36,39). The highest BCUT2D eigenvalue weighted by molar-refractivity contribution is 6.08. The lowest BCUT2D eigenvalue weighted by atomic mass is 9.80. The first-order chi connectivity index (χ1) is 20.2. The Kier molecular flexibility index (Phi) is 9.10. The molecule has 1 aromatic carbocycles. The van der Waals surface area contributed by atoms with Crippen LogP contribution in [0.1, 0.15) is 78.8 Å². The number of fused-ring (bicyclic) bond motifs is 1.